The number of nitrogens with zero attached hydrogens (tertiary/aromatic N) is 2. The van der Waals surface area contributed by atoms with Crippen LogP contribution in [-0.4, -0.2) is 36.7 Å². The van der Waals surface area contributed by atoms with Crippen LogP contribution < -0.4 is 10.0 Å². The summed E-state index contributed by atoms with van der Waals surface area (Å²) in [6.07, 6.45) is 3.20. The Morgan fingerprint density at radius 2 is 2.00 bits per heavy atom. The minimum absolute atomic E-state index is 0.389. The van der Waals surface area contributed by atoms with Crippen LogP contribution in [0.5, 0.6) is 0 Å². The van der Waals surface area contributed by atoms with Gasteiger partial charge >= 0.3 is 0 Å². The molecule has 2 N–H and O–H groups in total. The summed E-state index contributed by atoms with van der Waals surface area (Å²) in [4.78, 5) is 8.04. The van der Waals surface area contributed by atoms with Crippen LogP contribution in [0.15, 0.2) is 6.33 Å². The molecule has 1 rings (SSSR count). The van der Waals surface area contributed by atoms with Crippen molar-refractivity contribution in [2.75, 3.05) is 18.1 Å². The van der Waals surface area contributed by atoms with Crippen molar-refractivity contribution in [2.24, 2.45) is 0 Å². The normalized spacial score (nSPS) is 12.5. The first-order valence-electron chi connectivity index (χ1n) is 5.87. The van der Waals surface area contributed by atoms with Crippen LogP contribution >= 0.6 is 11.6 Å². The summed E-state index contributed by atoms with van der Waals surface area (Å²) in [5.41, 5.74) is 0.190. The Labute approximate surface area is 119 Å². The first kappa shape index (κ1) is 16.1. The summed E-state index contributed by atoms with van der Waals surface area (Å²) in [7, 11) is -3.26. The lowest BCUT2D eigenvalue weighted by atomic mass is 10.1. The van der Waals surface area contributed by atoms with E-state index in [4.69, 9.17) is 11.6 Å². The molecule has 1 heterocycles. The summed E-state index contributed by atoms with van der Waals surface area (Å²) in [5, 5.41) is 3.52. The molecular weight excluding hydrogens is 288 g/mol. The molecule has 0 aliphatic heterocycles. The molecule has 0 aliphatic rings. The van der Waals surface area contributed by atoms with Crippen molar-refractivity contribution >= 4 is 27.4 Å². The molecule has 19 heavy (non-hydrogen) atoms. The molecule has 0 radical (unpaired) electrons. The summed E-state index contributed by atoms with van der Waals surface area (Å²) < 4.78 is 25.1. The van der Waals surface area contributed by atoms with Crippen LogP contribution in [0.2, 0.25) is 5.15 Å². The zero-order chi connectivity index (χ0) is 14.7. The monoisotopic (exact) mass is 306 g/mol. The Morgan fingerprint density at radius 3 is 2.53 bits per heavy atom. The number of sulfonamides is 1. The molecule has 0 bridgehead atoms. The number of rotatable bonds is 6. The largest absolute Gasteiger partial charge is 0.368 e. The molecule has 0 saturated carbocycles. The highest BCUT2D eigenvalue weighted by atomic mass is 35.5. The molecule has 0 atom stereocenters. The van der Waals surface area contributed by atoms with Gasteiger partial charge in [-0.15, -0.1) is 0 Å². The Morgan fingerprint density at radius 1 is 1.37 bits per heavy atom. The number of aromatic nitrogens is 2. The standard InChI is InChI=1S/C11H19ClN4O2S/c1-5-8-9(12)14-7-15-10(8)13-6-11(2,3)16-19(4,17)18/h7,16H,5-6H2,1-4H3,(H,13,14,15). The van der Waals surface area contributed by atoms with E-state index in [1.165, 1.54) is 6.33 Å². The van der Waals surface area contributed by atoms with Crippen LogP contribution in [0.25, 0.3) is 0 Å². The van der Waals surface area contributed by atoms with Crippen molar-refractivity contribution in [3.63, 3.8) is 0 Å². The molecule has 1 aromatic heterocycles. The summed E-state index contributed by atoms with van der Waals surface area (Å²) >= 11 is 5.98. The molecule has 8 heteroatoms. The van der Waals surface area contributed by atoms with Crippen LogP contribution in [0.4, 0.5) is 5.82 Å². The van der Waals surface area contributed by atoms with E-state index in [0.29, 0.717) is 23.9 Å². The number of hydrogen-bond acceptors (Lipinski definition) is 5. The summed E-state index contributed by atoms with van der Waals surface area (Å²) in [6.45, 7) is 5.92. The summed E-state index contributed by atoms with van der Waals surface area (Å²) in [6, 6.07) is 0. The first-order chi connectivity index (χ1) is 8.64. The van der Waals surface area contributed by atoms with Gasteiger partial charge in [-0.2, -0.15) is 0 Å². The van der Waals surface area contributed by atoms with E-state index in [-0.39, 0.29) is 0 Å². The molecule has 1 aromatic rings. The molecule has 6 nitrogen and oxygen atoms in total. The second kappa shape index (κ2) is 6.02. The van der Waals surface area contributed by atoms with Crippen molar-refractivity contribution in [2.45, 2.75) is 32.7 Å². The van der Waals surface area contributed by atoms with Gasteiger partial charge in [-0.25, -0.2) is 23.1 Å². The maximum absolute atomic E-state index is 11.2. The topological polar surface area (TPSA) is 84.0 Å². The minimum atomic E-state index is -3.26. The third-order valence-electron chi connectivity index (χ3n) is 2.41. The SMILES string of the molecule is CCc1c(Cl)ncnc1NCC(C)(C)NS(C)(=O)=O. The predicted molar refractivity (Wildman–Crippen MR) is 77.0 cm³/mol. The van der Waals surface area contributed by atoms with Crippen molar-refractivity contribution in [3.05, 3.63) is 17.0 Å². The second-order valence-corrected chi connectivity index (χ2v) is 7.06. The van der Waals surface area contributed by atoms with Crippen LogP contribution in [-0.2, 0) is 16.4 Å². The minimum Gasteiger partial charge on any atom is -0.368 e. The predicted octanol–water partition coefficient (Wildman–Crippen LogP) is 1.43. The van der Waals surface area contributed by atoms with Gasteiger partial charge in [-0.1, -0.05) is 18.5 Å². The van der Waals surface area contributed by atoms with E-state index in [1.807, 2.05) is 6.92 Å². The van der Waals surface area contributed by atoms with Gasteiger partial charge in [-0.05, 0) is 20.3 Å². The van der Waals surface area contributed by atoms with E-state index in [0.717, 1.165) is 11.8 Å². The first-order valence-corrected chi connectivity index (χ1v) is 8.14. The van der Waals surface area contributed by atoms with Gasteiger partial charge < -0.3 is 5.32 Å². The van der Waals surface area contributed by atoms with Crippen molar-refractivity contribution < 1.29 is 8.42 Å². The van der Waals surface area contributed by atoms with Gasteiger partial charge in [0.15, 0.2) is 0 Å². The van der Waals surface area contributed by atoms with Crippen molar-refractivity contribution in [3.8, 4) is 0 Å². The third-order valence-corrected chi connectivity index (χ3v) is 3.65. The molecule has 0 fully saturated rings. The molecule has 108 valence electrons. The van der Waals surface area contributed by atoms with Crippen LogP contribution in [0.3, 0.4) is 0 Å². The summed E-state index contributed by atoms with van der Waals surface area (Å²) in [5.74, 6) is 0.630. The highest BCUT2D eigenvalue weighted by Crippen LogP contribution is 2.20. The fourth-order valence-corrected chi connectivity index (χ4v) is 3.04. The molecule has 0 amide bonds. The quantitative estimate of drug-likeness (QED) is 0.777. The van der Waals surface area contributed by atoms with Gasteiger partial charge in [0.25, 0.3) is 0 Å². The lowest BCUT2D eigenvalue weighted by molar-refractivity contribution is 0.475. The maximum Gasteiger partial charge on any atom is 0.209 e. The van der Waals surface area contributed by atoms with E-state index < -0.39 is 15.6 Å². The van der Waals surface area contributed by atoms with Gasteiger partial charge in [0.1, 0.15) is 17.3 Å². The Balaban J connectivity index is 2.79. The van der Waals surface area contributed by atoms with Crippen molar-refractivity contribution in [1.82, 2.24) is 14.7 Å². The van der Waals surface area contributed by atoms with E-state index >= 15 is 0 Å². The van der Waals surface area contributed by atoms with E-state index in [1.54, 1.807) is 13.8 Å². The lowest BCUT2D eigenvalue weighted by Gasteiger charge is -2.26. The zero-order valence-corrected chi connectivity index (χ0v) is 13.1. The highest BCUT2D eigenvalue weighted by Gasteiger charge is 2.22. The number of hydrogen-bond donors (Lipinski definition) is 2. The second-order valence-electron chi connectivity index (χ2n) is 4.96. The van der Waals surface area contributed by atoms with Crippen LogP contribution in [0, 0.1) is 0 Å². The fourth-order valence-electron chi connectivity index (χ4n) is 1.70. The average molecular weight is 307 g/mol. The molecular formula is C11H19ClN4O2S. The number of anilines is 1. The highest BCUT2D eigenvalue weighted by molar-refractivity contribution is 7.88. The third kappa shape index (κ3) is 5.30. The number of nitrogens with one attached hydrogen (secondary N) is 2. The fraction of sp³-hybridized carbons (Fsp3) is 0.636. The number of halogens is 1. The van der Waals surface area contributed by atoms with Gasteiger partial charge in [0.2, 0.25) is 10.0 Å². The van der Waals surface area contributed by atoms with Gasteiger partial charge in [0, 0.05) is 17.6 Å². The molecule has 0 aromatic carbocycles. The lowest BCUT2D eigenvalue weighted by Crippen LogP contribution is -2.47. The van der Waals surface area contributed by atoms with E-state index in [2.05, 4.69) is 20.0 Å². The maximum atomic E-state index is 11.2. The Bertz CT molecular complexity index is 546. The Hall–Kier alpha value is -0.920. The van der Waals surface area contributed by atoms with Gasteiger partial charge in [-0.3, -0.25) is 0 Å². The molecule has 0 spiro atoms. The molecule has 0 aliphatic carbocycles. The average Bonchev–Trinajstić information content (AvgIpc) is 2.23. The zero-order valence-electron chi connectivity index (χ0n) is 11.5. The molecule has 0 saturated heterocycles. The van der Waals surface area contributed by atoms with Crippen LogP contribution in [0.1, 0.15) is 26.3 Å². The Kier molecular flexibility index (Phi) is 5.11. The smallest absolute Gasteiger partial charge is 0.209 e. The van der Waals surface area contributed by atoms with E-state index in [9.17, 15) is 8.42 Å². The van der Waals surface area contributed by atoms with Crippen molar-refractivity contribution in [1.29, 1.82) is 0 Å². The molecule has 0 unspecified atom stereocenters. The van der Waals surface area contributed by atoms with Gasteiger partial charge in [0.05, 0.1) is 6.26 Å².